The second-order valence-electron chi connectivity index (χ2n) is 4.91. The lowest BCUT2D eigenvalue weighted by atomic mass is 10.1. The quantitative estimate of drug-likeness (QED) is 0.654. The van der Waals surface area contributed by atoms with Crippen molar-refractivity contribution in [2.24, 2.45) is 0 Å². The minimum Gasteiger partial charge on any atom is -0.457 e. The molecule has 116 valence electrons. The van der Waals surface area contributed by atoms with Gasteiger partial charge < -0.3 is 4.42 Å². The first-order valence-corrected chi connectivity index (χ1v) is 7.07. The molecule has 1 fully saturated rings. The smallest absolute Gasteiger partial charge is 0.328 e. The predicted molar refractivity (Wildman–Crippen MR) is 83.5 cm³/mol. The number of rotatable bonds is 2. The molecule has 6 nitrogen and oxygen atoms in total. The molecule has 1 aliphatic heterocycles. The fourth-order valence-corrected chi connectivity index (χ4v) is 2.37. The van der Waals surface area contributed by atoms with Gasteiger partial charge in [-0.2, -0.15) is 0 Å². The Hall–Kier alpha value is -2.86. The van der Waals surface area contributed by atoms with Gasteiger partial charge >= 0.3 is 6.03 Å². The number of imide groups is 2. The highest BCUT2D eigenvalue weighted by atomic mass is 35.5. The highest BCUT2D eigenvalue weighted by Crippen LogP contribution is 2.30. The number of urea groups is 1. The van der Waals surface area contributed by atoms with Crippen LogP contribution in [0.4, 0.5) is 4.79 Å². The molecule has 2 heterocycles. The highest BCUT2D eigenvalue weighted by molar-refractivity contribution is 6.32. The van der Waals surface area contributed by atoms with Crippen molar-refractivity contribution in [1.29, 1.82) is 0 Å². The van der Waals surface area contributed by atoms with Gasteiger partial charge in [0.05, 0.1) is 0 Å². The number of hydrogen-bond acceptors (Lipinski definition) is 4. The summed E-state index contributed by atoms with van der Waals surface area (Å²) >= 11 is 6.09. The molecule has 1 aromatic heterocycles. The SMILES string of the molecule is Cc1c(Cl)cccc1-c1ccc(C=C2C(=O)NC(=O)NC2=O)o1. The largest absolute Gasteiger partial charge is 0.457 e. The van der Waals surface area contributed by atoms with Gasteiger partial charge in [0.1, 0.15) is 17.1 Å². The first kappa shape index (κ1) is 15.1. The number of halogens is 1. The van der Waals surface area contributed by atoms with Crippen LogP contribution in [-0.4, -0.2) is 17.8 Å². The van der Waals surface area contributed by atoms with E-state index < -0.39 is 17.8 Å². The summed E-state index contributed by atoms with van der Waals surface area (Å²) in [7, 11) is 0. The minimum absolute atomic E-state index is 0.201. The Bertz CT molecular complexity index is 845. The van der Waals surface area contributed by atoms with Crippen LogP contribution in [0.25, 0.3) is 17.4 Å². The van der Waals surface area contributed by atoms with Crippen LogP contribution in [-0.2, 0) is 9.59 Å². The van der Waals surface area contributed by atoms with E-state index in [9.17, 15) is 14.4 Å². The summed E-state index contributed by atoms with van der Waals surface area (Å²) in [4.78, 5) is 34.4. The molecule has 0 unspecified atom stereocenters. The van der Waals surface area contributed by atoms with Gasteiger partial charge in [0, 0.05) is 10.6 Å². The third kappa shape index (κ3) is 2.89. The van der Waals surface area contributed by atoms with E-state index in [4.69, 9.17) is 16.0 Å². The Morgan fingerprint density at radius 1 is 1.04 bits per heavy atom. The minimum atomic E-state index is -0.841. The van der Waals surface area contributed by atoms with E-state index in [1.807, 2.05) is 23.6 Å². The van der Waals surface area contributed by atoms with Gasteiger partial charge in [-0.1, -0.05) is 23.7 Å². The molecule has 23 heavy (non-hydrogen) atoms. The molecular formula is C16H11ClN2O4. The number of nitrogens with one attached hydrogen (secondary N) is 2. The van der Waals surface area contributed by atoms with E-state index in [0.29, 0.717) is 16.5 Å². The molecule has 0 bridgehead atoms. The van der Waals surface area contributed by atoms with E-state index in [1.165, 1.54) is 6.08 Å². The Kier molecular flexibility index (Phi) is 3.75. The van der Waals surface area contributed by atoms with E-state index in [2.05, 4.69) is 0 Å². The number of barbiturate groups is 1. The maximum absolute atomic E-state index is 11.7. The van der Waals surface area contributed by atoms with Crippen LogP contribution in [0.2, 0.25) is 5.02 Å². The number of carbonyl (C=O) groups is 3. The van der Waals surface area contributed by atoms with Crippen molar-refractivity contribution in [3.63, 3.8) is 0 Å². The molecule has 0 aliphatic carbocycles. The number of benzene rings is 1. The van der Waals surface area contributed by atoms with Crippen LogP contribution in [0.1, 0.15) is 11.3 Å². The normalized spacial score (nSPS) is 14.5. The lowest BCUT2D eigenvalue weighted by Gasteiger charge is -2.13. The third-order valence-electron chi connectivity index (χ3n) is 3.39. The lowest BCUT2D eigenvalue weighted by molar-refractivity contribution is -0.123. The van der Waals surface area contributed by atoms with E-state index in [-0.39, 0.29) is 5.57 Å². The average Bonchev–Trinajstić information content (AvgIpc) is 2.94. The van der Waals surface area contributed by atoms with E-state index >= 15 is 0 Å². The number of furan rings is 1. The van der Waals surface area contributed by atoms with Gasteiger partial charge in [0.2, 0.25) is 0 Å². The topological polar surface area (TPSA) is 88.4 Å². The summed E-state index contributed by atoms with van der Waals surface area (Å²) in [6.45, 7) is 1.87. The van der Waals surface area contributed by atoms with Crippen molar-refractivity contribution >= 4 is 35.5 Å². The van der Waals surface area contributed by atoms with Crippen LogP contribution >= 0.6 is 11.6 Å². The standard InChI is InChI=1S/C16H11ClN2O4/c1-8-10(3-2-4-12(8)17)13-6-5-9(23-13)7-11-14(20)18-16(22)19-15(11)21/h2-7H,1H3,(H2,18,19,20,21,22). The number of hydrogen-bond donors (Lipinski definition) is 2. The van der Waals surface area contributed by atoms with Crippen LogP contribution in [0, 0.1) is 6.92 Å². The summed E-state index contributed by atoms with van der Waals surface area (Å²) < 4.78 is 5.65. The van der Waals surface area contributed by atoms with Crippen LogP contribution in [0.3, 0.4) is 0 Å². The Labute approximate surface area is 136 Å². The zero-order valence-corrected chi connectivity index (χ0v) is 12.7. The van der Waals surface area contributed by atoms with Crippen LogP contribution < -0.4 is 10.6 Å². The van der Waals surface area contributed by atoms with Gasteiger partial charge in [0.15, 0.2) is 0 Å². The number of carbonyl (C=O) groups excluding carboxylic acids is 3. The molecule has 7 heteroatoms. The molecule has 1 aromatic carbocycles. The third-order valence-corrected chi connectivity index (χ3v) is 3.80. The monoisotopic (exact) mass is 330 g/mol. The average molecular weight is 331 g/mol. The maximum atomic E-state index is 11.7. The molecule has 4 amide bonds. The van der Waals surface area contributed by atoms with Crippen molar-refractivity contribution in [3.8, 4) is 11.3 Å². The van der Waals surface area contributed by atoms with Crippen LogP contribution in [0.15, 0.2) is 40.3 Å². The molecule has 0 radical (unpaired) electrons. The molecule has 2 aromatic rings. The molecule has 3 rings (SSSR count). The predicted octanol–water partition coefficient (Wildman–Crippen LogP) is 2.66. The van der Waals surface area contributed by atoms with Crippen molar-refractivity contribution in [2.75, 3.05) is 0 Å². The zero-order chi connectivity index (χ0) is 16.6. The van der Waals surface area contributed by atoms with E-state index in [0.717, 1.165) is 11.1 Å². The molecule has 0 saturated carbocycles. The van der Waals surface area contributed by atoms with E-state index in [1.54, 1.807) is 24.3 Å². The Morgan fingerprint density at radius 3 is 2.43 bits per heavy atom. The van der Waals surface area contributed by atoms with Gasteiger partial charge in [-0.15, -0.1) is 0 Å². The molecule has 2 N–H and O–H groups in total. The van der Waals surface area contributed by atoms with Crippen molar-refractivity contribution in [1.82, 2.24) is 10.6 Å². The van der Waals surface area contributed by atoms with Crippen molar-refractivity contribution in [3.05, 3.63) is 52.3 Å². The van der Waals surface area contributed by atoms with Gasteiger partial charge in [0.25, 0.3) is 11.8 Å². The summed E-state index contributed by atoms with van der Waals surface area (Å²) in [5.74, 6) is -0.662. The Morgan fingerprint density at radius 2 is 1.74 bits per heavy atom. The molecule has 0 spiro atoms. The lowest BCUT2D eigenvalue weighted by Crippen LogP contribution is -2.51. The molecule has 0 atom stereocenters. The van der Waals surface area contributed by atoms with Crippen molar-refractivity contribution in [2.45, 2.75) is 6.92 Å². The highest BCUT2D eigenvalue weighted by Gasteiger charge is 2.28. The summed E-state index contributed by atoms with van der Waals surface area (Å²) in [6, 6.07) is 7.94. The molecule has 1 aliphatic rings. The molecule has 1 saturated heterocycles. The zero-order valence-electron chi connectivity index (χ0n) is 12.0. The van der Waals surface area contributed by atoms with Gasteiger partial charge in [-0.05, 0) is 36.8 Å². The first-order chi connectivity index (χ1) is 11.0. The van der Waals surface area contributed by atoms with Crippen molar-refractivity contribution < 1.29 is 18.8 Å². The fourth-order valence-electron chi connectivity index (χ4n) is 2.20. The fraction of sp³-hybridized carbons (Fsp3) is 0.0625. The van der Waals surface area contributed by atoms with Gasteiger partial charge in [-0.25, -0.2) is 4.79 Å². The maximum Gasteiger partial charge on any atom is 0.328 e. The second-order valence-corrected chi connectivity index (χ2v) is 5.32. The van der Waals surface area contributed by atoms with Crippen LogP contribution in [0.5, 0.6) is 0 Å². The second kappa shape index (κ2) is 5.73. The number of amides is 4. The molecular weight excluding hydrogens is 320 g/mol. The first-order valence-electron chi connectivity index (χ1n) is 6.69. The van der Waals surface area contributed by atoms with Gasteiger partial charge in [-0.3, -0.25) is 20.2 Å². The Balaban J connectivity index is 1.95. The summed E-state index contributed by atoms with van der Waals surface area (Å²) in [6.07, 6.45) is 1.28. The summed E-state index contributed by atoms with van der Waals surface area (Å²) in [5, 5.41) is 4.61. The summed E-state index contributed by atoms with van der Waals surface area (Å²) in [5.41, 5.74) is 1.48.